The summed E-state index contributed by atoms with van der Waals surface area (Å²) in [6, 6.07) is 2.68. The van der Waals surface area contributed by atoms with Gasteiger partial charge in [-0.2, -0.15) is 0 Å². The molecule has 1 atom stereocenters. The molecule has 0 aliphatic heterocycles. The van der Waals surface area contributed by atoms with Crippen LogP contribution in [-0.4, -0.2) is 39.3 Å². The summed E-state index contributed by atoms with van der Waals surface area (Å²) in [6.45, 7) is 1.88. The van der Waals surface area contributed by atoms with E-state index in [0.717, 1.165) is 12.1 Å². The molecule has 1 rings (SSSR count). The zero-order valence-corrected chi connectivity index (χ0v) is 11.9. The number of nitrogens with one attached hydrogen (secondary N) is 1. The standard InChI is InChI=1S/C12H16FNO5S/c1-3-8(7-19-2)14-20(17,18)10-6-4-5-9(11(10)13)12(15)16/h4-6,8,14H,3,7H2,1-2H3,(H,15,16). The maximum absolute atomic E-state index is 13.9. The first kappa shape index (κ1) is 16.5. The van der Waals surface area contributed by atoms with Gasteiger partial charge in [0, 0.05) is 13.2 Å². The third kappa shape index (κ3) is 3.75. The number of aromatic carboxylic acids is 1. The van der Waals surface area contributed by atoms with Crippen molar-refractivity contribution in [2.75, 3.05) is 13.7 Å². The number of carboxylic acid groups (broad SMARTS) is 1. The molecule has 0 aromatic heterocycles. The molecule has 112 valence electrons. The van der Waals surface area contributed by atoms with Crippen LogP contribution in [0.25, 0.3) is 0 Å². The fourth-order valence-corrected chi connectivity index (χ4v) is 3.01. The fraction of sp³-hybridized carbons (Fsp3) is 0.417. The van der Waals surface area contributed by atoms with E-state index in [-0.39, 0.29) is 6.61 Å². The van der Waals surface area contributed by atoms with E-state index in [1.165, 1.54) is 13.2 Å². The summed E-state index contributed by atoms with van der Waals surface area (Å²) in [4.78, 5) is 10.1. The molecule has 0 bridgehead atoms. The van der Waals surface area contributed by atoms with E-state index in [1.807, 2.05) is 0 Å². The van der Waals surface area contributed by atoms with Gasteiger partial charge in [-0.3, -0.25) is 0 Å². The third-order valence-corrected chi connectivity index (χ3v) is 4.20. The number of carboxylic acids is 1. The second kappa shape index (κ2) is 6.78. The van der Waals surface area contributed by atoms with Crippen molar-refractivity contribution >= 4 is 16.0 Å². The lowest BCUT2D eigenvalue weighted by molar-refractivity contribution is 0.0691. The molecule has 0 saturated carbocycles. The number of sulfonamides is 1. The van der Waals surface area contributed by atoms with Crippen molar-refractivity contribution in [3.05, 3.63) is 29.6 Å². The summed E-state index contributed by atoms with van der Waals surface area (Å²) in [7, 11) is -2.73. The Balaban J connectivity index is 3.16. The Morgan fingerprint density at radius 1 is 1.50 bits per heavy atom. The highest BCUT2D eigenvalue weighted by Gasteiger charge is 2.25. The maximum Gasteiger partial charge on any atom is 0.338 e. The summed E-state index contributed by atoms with van der Waals surface area (Å²) >= 11 is 0. The Morgan fingerprint density at radius 2 is 2.15 bits per heavy atom. The minimum atomic E-state index is -4.15. The first-order valence-electron chi connectivity index (χ1n) is 5.86. The van der Waals surface area contributed by atoms with Crippen molar-refractivity contribution in [1.29, 1.82) is 0 Å². The number of carbonyl (C=O) groups is 1. The van der Waals surface area contributed by atoms with Crippen LogP contribution in [0.1, 0.15) is 23.7 Å². The molecule has 20 heavy (non-hydrogen) atoms. The van der Waals surface area contributed by atoms with Gasteiger partial charge in [-0.25, -0.2) is 22.3 Å². The summed E-state index contributed by atoms with van der Waals surface area (Å²) in [5.74, 6) is -2.80. The predicted octanol–water partition coefficient (Wildman–Crippen LogP) is 1.23. The van der Waals surface area contributed by atoms with Crippen molar-refractivity contribution < 1.29 is 27.4 Å². The second-order valence-corrected chi connectivity index (χ2v) is 5.79. The van der Waals surface area contributed by atoms with Gasteiger partial charge in [-0.15, -0.1) is 0 Å². The van der Waals surface area contributed by atoms with E-state index in [9.17, 15) is 17.6 Å². The molecule has 0 aliphatic rings. The highest BCUT2D eigenvalue weighted by molar-refractivity contribution is 7.89. The molecule has 0 amide bonds. The third-order valence-electron chi connectivity index (χ3n) is 2.67. The number of hydrogen-bond donors (Lipinski definition) is 2. The molecule has 0 heterocycles. The summed E-state index contributed by atoms with van der Waals surface area (Å²) in [5, 5.41) is 8.79. The number of hydrogen-bond acceptors (Lipinski definition) is 4. The van der Waals surface area contributed by atoms with Crippen LogP contribution in [0.2, 0.25) is 0 Å². The van der Waals surface area contributed by atoms with Gasteiger partial charge in [0.2, 0.25) is 10.0 Å². The van der Waals surface area contributed by atoms with Gasteiger partial charge in [-0.05, 0) is 18.6 Å². The highest BCUT2D eigenvalue weighted by Crippen LogP contribution is 2.18. The number of rotatable bonds is 7. The Labute approximate surface area is 116 Å². The lowest BCUT2D eigenvalue weighted by Crippen LogP contribution is -2.38. The van der Waals surface area contributed by atoms with Gasteiger partial charge in [0.1, 0.15) is 4.90 Å². The van der Waals surface area contributed by atoms with Crippen LogP contribution < -0.4 is 4.72 Å². The molecular weight excluding hydrogens is 289 g/mol. The monoisotopic (exact) mass is 305 g/mol. The van der Waals surface area contributed by atoms with Crippen LogP contribution in [0.15, 0.2) is 23.1 Å². The molecule has 0 fully saturated rings. The van der Waals surface area contributed by atoms with Crippen LogP contribution in [-0.2, 0) is 14.8 Å². The topological polar surface area (TPSA) is 92.7 Å². The summed E-state index contributed by atoms with van der Waals surface area (Å²) < 4.78 is 45.2. The minimum Gasteiger partial charge on any atom is -0.478 e. The van der Waals surface area contributed by atoms with Crippen LogP contribution in [0.5, 0.6) is 0 Å². The van der Waals surface area contributed by atoms with Gasteiger partial charge in [0.25, 0.3) is 0 Å². The van der Waals surface area contributed by atoms with Gasteiger partial charge in [0.15, 0.2) is 5.82 Å². The zero-order chi connectivity index (χ0) is 15.3. The Morgan fingerprint density at radius 3 is 2.65 bits per heavy atom. The molecule has 0 saturated heterocycles. The van der Waals surface area contributed by atoms with Gasteiger partial charge < -0.3 is 9.84 Å². The van der Waals surface area contributed by atoms with E-state index >= 15 is 0 Å². The second-order valence-electron chi connectivity index (χ2n) is 4.10. The lowest BCUT2D eigenvalue weighted by atomic mass is 10.2. The molecule has 2 N–H and O–H groups in total. The quantitative estimate of drug-likeness (QED) is 0.790. The zero-order valence-electron chi connectivity index (χ0n) is 11.1. The SMILES string of the molecule is CCC(COC)NS(=O)(=O)c1cccc(C(=O)O)c1F. The number of benzene rings is 1. The van der Waals surface area contributed by atoms with E-state index in [4.69, 9.17) is 9.84 Å². The first-order valence-corrected chi connectivity index (χ1v) is 7.34. The summed E-state index contributed by atoms with van der Waals surface area (Å²) in [5.41, 5.74) is -0.687. The Kier molecular flexibility index (Phi) is 5.61. The van der Waals surface area contributed by atoms with Crippen LogP contribution >= 0.6 is 0 Å². The number of ether oxygens (including phenoxy) is 1. The molecule has 1 aromatic carbocycles. The van der Waals surface area contributed by atoms with E-state index in [0.29, 0.717) is 6.42 Å². The van der Waals surface area contributed by atoms with E-state index < -0.39 is 38.3 Å². The first-order chi connectivity index (χ1) is 9.33. The molecule has 1 unspecified atom stereocenters. The molecule has 0 spiro atoms. The highest BCUT2D eigenvalue weighted by atomic mass is 32.2. The van der Waals surface area contributed by atoms with Gasteiger partial charge in [0.05, 0.1) is 12.2 Å². The lowest BCUT2D eigenvalue weighted by Gasteiger charge is -2.16. The van der Waals surface area contributed by atoms with Crippen molar-refractivity contribution in [2.45, 2.75) is 24.3 Å². The summed E-state index contributed by atoms with van der Waals surface area (Å²) in [6.07, 6.45) is 0.452. The van der Waals surface area contributed by atoms with Gasteiger partial charge in [-0.1, -0.05) is 13.0 Å². The van der Waals surface area contributed by atoms with Crippen molar-refractivity contribution in [3.63, 3.8) is 0 Å². The normalized spacial score (nSPS) is 13.2. The molecule has 8 heteroatoms. The minimum absolute atomic E-state index is 0.135. The molecular formula is C12H16FNO5S. The predicted molar refractivity (Wildman–Crippen MR) is 69.6 cm³/mol. The molecule has 0 radical (unpaired) electrons. The van der Waals surface area contributed by atoms with Crippen LogP contribution in [0.3, 0.4) is 0 Å². The van der Waals surface area contributed by atoms with Gasteiger partial charge >= 0.3 is 5.97 Å². The number of halogens is 1. The van der Waals surface area contributed by atoms with Crippen molar-refractivity contribution in [3.8, 4) is 0 Å². The maximum atomic E-state index is 13.9. The largest absolute Gasteiger partial charge is 0.478 e. The molecule has 0 aliphatic carbocycles. The average Bonchev–Trinajstić information content (AvgIpc) is 2.37. The van der Waals surface area contributed by atoms with E-state index in [2.05, 4.69) is 4.72 Å². The average molecular weight is 305 g/mol. The Hall–Kier alpha value is -1.51. The Bertz CT molecular complexity index is 588. The molecule has 1 aromatic rings. The van der Waals surface area contributed by atoms with Crippen LogP contribution in [0.4, 0.5) is 4.39 Å². The van der Waals surface area contributed by atoms with Crippen molar-refractivity contribution in [1.82, 2.24) is 4.72 Å². The smallest absolute Gasteiger partial charge is 0.338 e. The molecule has 6 nitrogen and oxygen atoms in total. The fourth-order valence-electron chi connectivity index (χ4n) is 1.60. The van der Waals surface area contributed by atoms with Crippen molar-refractivity contribution in [2.24, 2.45) is 0 Å². The van der Waals surface area contributed by atoms with Crippen LogP contribution in [0, 0.1) is 5.82 Å². The van der Waals surface area contributed by atoms with E-state index in [1.54, 1.807) is 6.92 Å². The number of methoxy groups -OCH3 is 1.